The third kappa shape index (κ3) is 3.45. The zero-order chi connectivity index (χ0) is 18.9. The molecule has 2 aromatic carbocycles. The fourth-order valence-electron chi connectivity index (χ4n) is 2.60. The molecule has 1 N–H and O–H groups in total. The first kappa shape index (κ1) is 18.1. The zero-order valence-electron chi connectivity index (χ0n) is 14.4. The van der Waals surface area contributed by atoms with Gasteiger partial charge in [-0.1, -0.05) is 12.1 Å². The maximum absolute atomic E-state index is 13.1. The normalized spacial score (nSPS) is 16.7. The van der Waals surface area contributed by atoms with Crippen molar-refractivity contribution in [3.05, 3.63) is 42.0 Å². The van der Waals surface area contributed by atoms with Crippen LogP contribution in [-0.2, 0) is 0 Å². The number of hydrogen-bond acceptors (Lipinski definition) is 6. The van der Waals surface area contributed by atoms with E-state index in [1.807, 2.05) is 0 Å². The highest BCUT2D eigenvalue weighted by Crippen LogP contribution is 2.43. The summed E-state index contributed by atoms with van der Waals surface area (Å²) >= 11 is 0. The smallest absolute Gasteiger partial charge is 0.493 e. The minimum Gasteiger partial charge on any atom is -0.493 e. The van der Waals surface area contributed by atoms with Gasteiger partial charge in [0.2, 0.25) is 5.75 Å². The molecular weight excluding hydrogens is 350 g/mol. The molecule has 0 bridgehead atoms. The maximum Gasteiger partial charge on any atom is 0.586 e. The van der Waals surface area contributed by atoms with Gasteiger partial charge < -0.3 is 28.8 Å². The summed E-state index contributed by atoms with van der Waals surface area (Å²) in [6, 6.07) is 9.20. The molecule has 0 aliphatic carbocycles. The second-order valence-electron chi connectivity index (χ2n) is 5.63. The second kappa shape index (κ2) is 6.87. The predicted molar refractivity (Wildman–Crippen MR) is 87.2 cm³/mol. The van der Waals surface area contributed by atoms with Gasteiger partial charge in [-0.05, 0) is 36.8 Å². The van der Waals surface area contributed by atoms with E-state index in [2.05, 4.69) is 9.47 Å². The first-order valence-corrected chi connectivity index (χ1v) is 7.80. The second-order valence-corrected chi connectivity index (χ2v) is 5.63. The third-order valence-electron chi connectivity index (χ3n) is 3.90. The van der Waals surface area contributed by atoms with E-state index < -0.39 is 18.5 Å². The van der Waals surface area contributed by atoms with Gasteiger partial charge in [0.1, 0.15) is 12.2 Å². The molecule has 1 aliphatic heterocycles. The van der Waals surface area contributed by atoms with Crippen LogP contribution in [0.4, 0.5) is 8.78 Å². The van der Waals surface area contributed by atoms with Gasteiger partial charge in [-0.2, -0.15) is 0 Å². The summed E-state index contributed by atoms with van der Waals surface area (Å²) in [6.07, 6.45) is -5.56. The van der Waals surface area contributed by atoms with Crippen LogP contribution in [0.5, 0.6) is 28.7 Å². The lowest BCUT2D eigenvalue weighted by Crippen LogP contribution is -2.26. The molecule has 1 heterocycles. The number of rotatable bonds is 6. The van der Waals surface area contributed by atoms with Crippen molar-refractivity contribution in [3.8, 4) is 28.7 Å². The van der Waals surface area contributed by atoms with Crippen molar-refractivity contribution in [2.24, 2.45) is 0 Å². The summed E-state index contributed by atoms with van der Waals surface area (Å²) in [6.45, 7) is 1.63. The van der Waals surface area contributed by atoms with Crippen molar-refractivity contribution >= 4 is 0 Å². The van der Waals surface area contributed by atoms with Gasteiger partial charge in [0.15, 0.2) is 23.0 Å². The van der Waals surface area contributed by atoms with Crippen molar-refractivity contribution in [2.45, 2.75) is 25.4 Å². The van der Waals surface area contributed by atoms with Gasteiger partial charge in [0, 0.05) is 0 Å². The van der Waals surface area contributed by atoms with Crippen LogP contribution >= 0.6 is 0 Å². The first-order chi connectivity index (χ1) is 12.3. The molecule has 0 amide bonds. The van der Waals surface area contributed by atoms with Crippen molar-refractivity contribution in [2.75, 3.05) is 14.2 Å². The van der Waals surface area contributed by atoms with Crippen LogP contribution in [0.15, 0.2) is 36.4 Å². The van der Waals surface area contributed by atoms with Crippen LogP contribution in [0, 0.1) is 0 Å². The monoisotopic (exact) mass is 368 g/mol. The maximum atomic E-state index is 13.1. The van der Waals surface area contributed by atoms with Gasteiger partial charge in [-0.3, -0.25) is 0 Å². The summed E-state index contributed by atoms with van der Waals surface area (Å²) < 4.78 is 51.3. The van der Waals surface area contributed by atoms with Crippen molar-refractivity contribution < 1.29 is 37.6 Å². The summed E-state index contributed by atoms with van der Waals surface area (Å²) in [5, 5.41) is 10.5. The molecule has 8 heteroatoms. The summed E-state index contributed by atoms with van der Waals surface area (Å²) in [5.74, 6) is 0.971. The van der Waals surface area contributed by atoms with Gasteiger partial charge in [-0.15, -0.1) is 8.78 Å². The highest BCUT2D eigenvalue weighted by atomic mass is 19.3. The average Bonchev–Trinajstić information content (AvgIpc) is 2.93. The van der Waals surface area contributed by atoms with E-state index in [0.29, 0.717) is 22.8 Å². The van der Waals surface area contributed by atoms with E-state index >= 15 is 0 Å². The average molecular weight is 368 g/mol. The molecule has 0 spiro atoms. The number of aliphatic hydroxyl groups is 1. The lowest BCUT2D eigenvalue weighted by Gasteiger charge is -2.23. The Labute approximate surface area is 148 Å². The van der Waals surface area contributed by atoms with Gasteiger partial charge in [-0.25, -0.2) is 0 Å². The lowest BCUT2D eigenvalue weighted by molar-refractivity contribution is -0.286. The largest absolute Gasteiger partial charge is 0.586 e. The highest BCUT2D eigenvalue weighted by Gasteiger charge is 2.43. The molecule has 0 radical (unpaired) electrons. The number of hydrogen-bond donors (Lipinski definition) is 1. The Kier molecular flexibility index (Phi) is 4.78. The minimum atomic E-state index is -3.71. The zero-order valence-corrected chi connectivity index (χ0v) is 14.4. The first-order valence-electron chi connectivity index (χ1n) is 7.80. The fraction of sp³-hybridized carbons (Fsp3) is 0.333. The summed E-state index contributed by atoms with van der Waals surface area (Å²) in [7, 11) is 2.97. The Morgan fingerprint density at radius 1 is 1.00 bits per heavy atom. The lowest BCUT2D eigenvalue weighted by atomic mass is 10.0. The van der Waals surface area contributed by atoms with Gasteiger partial charge >= 0.3 is 6.29 Å². The van der Waals surface area contributed by atoms with E-state index in [9.17, 15) is 13.9 Å². The van der Waals surface area contributed by atoms with E-state index in [4.69, 9.17) is 14.2 Å². The number of fused-ring (bicyclic) bond motifs is 1. The molecule has 3 rings (SSSR count). The topological polar surface area (TPSA) is 66.4 Å². The van der Waals surface area contributed by atoms with E-state index in [-0.39, 0.29) is 11.5 Å². The number of halogens is 2. The molecule has 2 unspecified atom stereocenters. The molecule has 0 saturated heterocycles. The van der Waals surface area contributed by atoms with Crippen molar-refractivity contribution in [3.63, 3.8) is 0 Å². The molecule has 2 aromatic rings. The minimum absolute atomic E-state index is 0.0917. The van der Waals surface area contributed by atoms with Crippen molar-refractivity contribution in [1.29, 1.82) is 0 Å². The Morgan fingerprint density at radius 3 is 2.23 bits per heavy atom. The summed E-state index contributed by atoms with van der Waals surface area (Å²) in [4.78, 5) is 0. The number of methoxy groups -OCH3 is 2. The van der Waals surface area contributed by atoms with Gasteiger partial charge in [0.05, 0.1) is 14.2 Å². The van der Waals surface area contributed by atoms with Crippen LogP contribution in [0.25, 0.3) is 0 Å². The van der Waals surface area contributed by atoms with E-state index in [0.717, 1.165) is 0 Å². The van der Waals surface area contributed by atoms with Crippen molar-refractivity contribution in [1.82, 2.24) is 0 Å². The summed E-state index contributed by atoms with van der Waals surface area (Å²) in [5.41, 5.74) is 0.339. The van der Waals surface area contributed by atoms with Crippen LogP contribution < -0.4 is 23.7 Å². The fourth-order valence-corrected chi connectivity index (χ4v) is 2.60. The van der Waals surface area contributed by atoms with Gasteiger partial charge in [0.25, 0.3) is 0 Å². The Bertz CT molecular complexity index is 773. The molecule has 0 saturated carbocycles. The number of para-hydroxylation sites is 1. The van der Waals surface area contributed by atoms with E-state index in [1.165, 1.54) is 32.4 Å². The Morgan fingerprint density at radius 2 is 1.62 bits per heavy atom. The van der Waals surface area contributed by atoms with E-state index in [1.54, 1.807) is 25.1 Å². The number of aliphatic hydroxyl groups excluding tert-OH is 1. The Balaban J connectivity index is 1.81. The number of ether oxygens (including phenoxy) is 5. The Hall–Kier alpha value is -2.74. The molecule has 6 nitrogen and oxygen atoms in total. The third-order valence-corrected chi connectivity index (χ3v) is 3.90. The molecule has 1 aliphatic rings. The van der Waals surface area contributed by atoms with Crippen LogP contribution in [-0.4, -0.2) is 31.7 Å². The standard InChI is InChI=1S/C18H18F2O6/c1-10(24-17-13(22-2)5-4-6-14(17)23-3)16(21)11-7-8-12-15(9-11)26-18(19,20)25-12/h4-10,16,21H,1-3H3. The van der Waals surface area contributed by atoms with Crippen LogP contribution in [0.1, 0.15) is 18.6 Å². The van der Waals surface area contributed by atoms with Crippen LogP contribution in [0.3, 0.4) is 0 Å². The molecule has 140 valence electrons. The molecule has 2 atom stereocenters. The number of alkyl halides is 2. The molecule has 26 heavy (non-hydrogen) atoms. The molecule has 0 fully saturated rings. The molecule has 0 aromatic heterocycles. The quantitative estimate of drug-likeness (QED) is 0.842. The highest BCUT2D eigenvalue weighted by molar-refractivity contribution is 5.51. The SMILES string of the molecule is COc1cccc(OC)c1OC(C)C(O)c1ccc2c(c1)OC(F)(F)O2. The van der Waals surface area contributed by atoms with Crippen LogP contribution in [0.2, 0.25) is 0 Å². The number of benzene rings is 2. The predicted octanol–water partition coefficient (Wildman–Crippen LogP) is 3.53. The molecular formula is C18H18F2O6.